The summed E-state index contributed by atoms with van der Waals surface area (Å²) in [4.78, 5) is 0.943. The summed E-state index contributed by atoms with van der Waals surface area (Å²) >= 11 is 1.50. The second-order valence-corrected chi connectivity index (χ2v) is 5.34. The number of aryl methyl sites for hydroxylation is 1. The molecule has 108 valence electrons. The van der Waals surface area contributed by atoms with E-state index in [0.29, 0.717) is 0 Å². The third kappa shape index (κ3) is 2.69. The van der Waals surface area contributed by atoms with E-state index in [1.54, 1.807) is 7.05 Å². The molecule has 0 aliphatic rings. The van der Waals surface area contributed by atoms with E-state index in [-0.39, 0.29) is 11.3 Å². The van der Waals surface area contributed by atoms with Crippen LogP contribution in [0.3, 0.4) is 0 Å². The summed E-state index contributed by atoms with van der Waals surface area (Å²) < 4.78 is 33.3. The monoisotopic (exact) mass is 297 g/mol. The zero-order valence-electron chi connectivity index (χ0n) is 11.7. The van der Waals surface area contributed by atoms with Gasteiger partial charge in [-0.3, -0.25) is 0 Å². The minimum Gasteiger partial charge on any atom is -0.497 e. The third-order valence-corrected chi connectivity index (χ3v) is 4.31. The van der Waals surface area contributed by atoms with Crippen molar-refractivity contribution in [2.45, 2.75) is 19.4 Å². The number of hydrogen-bond acceptors (Lipinski definition) is 3. The molecule has 2 aromatic rings. The van der Waals surface area contributed by atoms with Gasteiger partial charge in [0.2, 0.25) is 0 Å². The maximum absolute atomic E-state index is 14.2. The van der Waals surface area contributed by atoms with E-state index < -0.39 is 17.7 Å². The van der Waals surface area contributed by atoms with Crippen molar-refractivity contribution >= 4 is 11.3 Å². The standard InChI is InChI=1S/C15H17F2NOS/c1-4-9-5-6-20-15(9)14(18-2)13-11(16)7-10(19-3)8-12(13)17/h5-8,14,18H,4H2,1-3H3. The number of rotatable bonds is 5. The fourth-order valence-corrected chi connectivity index (χ4v) is 3.37. The number of ether oxygens (including phenoxy) is 1. The van der Waals surface area contributed by atoms with Crippen LogP contribution in [0.15, 0.2) is 23.6 Å². The summed E-state index contributed by atoms with van der Waals surface area (Å²) in [7, 11) is 3.09. The molecule has 0 radical (unpaired) electrons. The lowest BCUT2D eigenvalue weighted by Gasteiger charge is -2.19. The van der Waals surface area contributed by atoms with Gasteiger partial charge in [-0.15, -0.1) is 11.3 Å². The van der Waals surface area contributed by atoms with Crippen molar-refractivity contribution in [3.63, 3.8) is 0 Å². The molecule has 20 heavy (non-hydrogen) atoms. The largest absolute Gasteiger partial charge is 0.497 e. The molecule has 1 aromatic carbocycles. The van der Waals surface area contributed by atoms with E-state index in [4.69, 9.17) is 4.74 Å². The number of nitrogens with one attached hydrogen (secondary N) is 1. The molecule has 0 saturated carbocycles. The second kappa shape index (κ2) is 6.33. The first-order valence-corrected chi connectivity index (χ1v) is 7.26. The van der Waals surface area contributed by atoms with Crippen LogP contribution in [-0.2, 0) is 6.42 Å². The van der Waals surface area contributed by atoms with Gasteiger partial charge in [0.15, 0.2) is 0 Å². The molecule has 1 heterocycles. The summed E-state index contributed by atoms with van der Waals surface area (Å²) in [5.74, 6) is -1.02. The lowest BCUT2D eigenvalue weighted by atomic mass is 10.00. The normalized spacial score (nSPS) is 12.4. The number of benzene rings is 1. The Morgan fingerprint density at radius 3 is 2.45 bits per heavy atom. The molecule has 1 aromatic heterocycles. The van der Waals surface area contributed by atoms with Gasteiger partial charge in [0, 0.05) is 22.6 Å². The van der Waals surface area contributed by atoms with E-state index in [1.807, 2.05) is 18.4 Å². The highest BCUT2D eigenvalue weighted by molar-refractivity contribution is 7.10. The van der Waals surface area contributed by atoms with Crippen LogP contribution < -0.4 is 10.1 Å². The van der Waals surface area contributed by atoms with Crippen LogP contribution in [0.2, 0.25) is 0 Å². The number of methoxy groups -OCH3 is 1. The van der Waals surface area contributed by atoms with Gasteiger partial charge >= 0.3 is 0 Å². The fraction of sp³-hybridized carbons (Fsp3) is 0.333. The molecule has 0 amide bonds. The number of hydrogen-bond donors (Lipinski definition) is 1. The molecule has 0 spiro atoms. The molecular formula is C15H17F2NOS. The van der Waals surface area contributed by atoms with Crippen LogP contribution in [0.1, 0.15) is 29.0 Å². The first-order chi connectivity index (χ1) is 9.62. The number of thiophene rings is 1. The van der Waals surface area contributed by atoms with E-state index in [0.717, 1.165) is 16.9 Å². The highest BCUT2D eigenvalue weighted by Gasteiger charge is 2.24. The van der Waals surface area contributed by atoms with Crippen LogP contribution >= 0.6 is 11.3 Å². The first-order valence-electron chi connectivity index (χ1n) is 6.38. The molecular weight excluding hydrogens is 280 g/mol. The minimum atomic E-state index is -0.600. The highest BCUT2D eigenvalue weighted by atomic mass is 32.1. The second-order valence-electron chi connectivity index (χ2n) is 4.39. The Hall–Kier alpha value is -1.46. The molecule has 0 bridgehead atoms. The zero-order chi connectivity index (χ0) is 14.7. The van der Waals surface area contributed by atoms with Gasteiger partial charge in [-0.25, -0.2) is 8.78 Å². The predicted octanol–water partition coefficient (Wildman–Crippen LogP) is 3.91. The summed E-state index contributed by atoms with van der Waals surface area (Å²) in [5.41, 5.74) is 1.13. The molecule has 0 saturated heterocycles. The summed E-state index contributed by atoms with van der Waals surface area (Å²) in [6.45, 7) is 2.03. The minimum absolute atomic E-state index is 0.0328. The Bertz CT molecular complexity index is 574. The topological polar surface area (TPSA) is 21.3 Å². The third-order valence-electron chi connectivity index (χ3n) is 3.29. The zero-order valence-corrected chi connectivity index (χ0v) is 12.5. The van der Waals surface area contributed by atoms with Crippen molar-refractivity contribution in [1.29, 1.82) is 0 Å². The highest BCUT2D eigenvalue weighted by Crippen LogP contribution is 2.34. The van der Waals surface area contributed by atoms with Crippen LogP contribution in [-0.4, -0.2) is 14.2 Å². The summed E-state index contributed by atoms with van der Waals surface area (Å²) in [6.07, 6.45) is 0.830. The van der Waals surface area contributed by atoms with E-state index >= 15 is 0 Å². The van der Waals surface area contributed by atoms with Crippen molar-refractivity contribution in [2.75, 3.05) is 14.2 Å². The van der Waals surface area contributed by atoms with Crippen molar-refractivity contribution in [3.05, 3.63) is 51.2 Å². The molecule has 0 fully saturated rings. The maximum atomic E-state index is 14.2. The molecule has 0 aliphatic heterocycles. The van der Waals surface area contributed by atoms with Gasteiger partial charge in [-0.05, 0) is 30.5 Å². The van der Waals surface area contributed by atoms with Gasteiger partial charge in [0.1, 0.15) is 17.4 Å². The first kappa shape index (κ1) is 14.9. The predicted molar refractivity (Wildman–Crippen MR) is 77.5 cm³/mol. The summed E-state index contributed by atoms with van der Waals surface area (Å²) in [5, 5.41) is 4.95. The number of halogens is 2. The Balaban J connectivity index is 2.53. The maximum Gasteiger partial charge on any atom is 0.134 e. The average molecular weight is 297 g/mol. The van der Waals surface area contributed by atoms with E-state index in [1.165, 1.54) is 30.6 Å². The molecule has 1 N–H and O–H groups in total. The van der Waals surface area contributed by atoms with Crippen LogP contribution in [0.25, 0.3) is 0 Å². The Kier molecular flexibility index (Phi) is 4.73. The van der Waals surface area contributed by atoms with Gasteiger partial charge < -0.3 is 10.1 Å². The molecule has 1 unspecified atom stereocenters. The molecule has 1 atom stereocenters. The van der Waals surface area contributed by atoms with Crippen molar-refractivity contribution in [1.82, 2.24) is 5.32 Å². The quantitative estimate of drug-likeness (QED) is 0.903. The molecule has 0 aliphatic carbocycles. The van der Waals surface area contributed by atoms with E-state index in [2.05, 4.69) is 5.32 Å². The van der Waals surface area contributed by atoms with E-state index in [9.17, 15) is 8.78 Å². The fourth-order valence-electron chi connectivity index (χ4n) is 2.25. The smallest absolute Gasteiger partial charge is 0.134 e. The van der Waals surface area contributed by atoms with Crippen LogP contribution in [0.4, 0.5) is 8.78 Å². The average Bonchev–Trinajstić information content (AvgIpc) is 2.90. The van der Waals surface area contributed by atoms with Crippen LogP contribution in [0.5, 0.6) is 5.75 Å². The lowest BCUT2D eigenvalue weighted by Crippen LogP contribution is -2.20. The molecule has 5 heteroatoms. The SMILES string of the molecule is CCc1ccsc1C(NC)c1c(F)cc(OC)cc1F. The molecule has 2 rings (SSSR count). The van der Waals surface area contributed by atoms with Gasteiger partial charge in [0.25, 0.3) is 0 Å². The van der Waals surface area contributed by atoms with Gasteiger partial charge in [-0.2, -0.15) is 0 Å². The lowest BCUT2D eigenvalue weighted by molar-refractivity contribution is 0.403. The molecule has 2 nitrogen and oxygen atoms in total. The summed E-state index contributed by atoms with van der Waals surface area (Å²) in [6, 6.07) is 3.92. The van der Waals surface area contributed by atoms with Crippen molar-refractivity contribution in [2.24, 2.45) is 0 Å². The van der Waals surface area contributed by atoms with Crippen LogP contribution in [0, 0.1) is 11.6 Å². The Morgan fingerprint density at radius 1 is 1.30 bits per heavy atom. The Labute approximate surface area is 121 Å². The van der Waals surface area contributed by atoms with Crippen molar-refractivity contribution in [3.8, 4) is 5.75 Å². The Morgan fingerprint density at radius 2 is 1.95 bits per heavy atom. The van der Waals surface area contributed by atoms with Crippen molar-refractivity contribution < 1.29 is 13.5 Å². The van der Waals surface area contributed by atoms with Gasteiger partial charge in [-0.1, -0.05) is 6.92 Å². The van der Waals surface area contributed by atoms with Gasteiger partial charge in [0.05, 0.1) is 13.2 Å².